The molecule has 0 aliphatic rings. The van der Waals surface area contributed by atoms with Crippen molar-refractivity contribution in [3.05, 3.63) is 77.1 Å². The van der Waals surface area contributed by atoms with Crippen molar-refractivity contribution in [1.29, 1.82) is 0 Å². The molecule has 2 N–H and O–H groups in total. The Kier molecular flexibility index (Phi) is 8.58. The first kappa shape index (κ1) is 29.9. The number of halogens is 3. The van der Waals surface area contributed by atoms with Crippen molar-refractivity contribution in [2.24, 2.45) is 0 Å². The van der Waals surface area contributed by atoms with Crippen LogP contribution >= 0.6 is 0 Å². The number of nitrogens with zero attached hydrogens (tertiary/aromatic N) is 5. The van der Waals surface area contributed by atoms with Crippen LogP contribution in [0.15, 0.2) is 54.7 Å². The van der Waals surface area contributed by atoms with E-state index in [2.05, 4.69) is 15.0 Å². The van der Waals surface area contributed by atoms with Crippen LogP contribution in [0.4, 0.5) is 18.9 Å². The molecule has 2 aromatic carbocycles. The Bertz CT molecular complexity index is 1530. The van der Waals surface area contributed by atoms with Gasteiger partial charge in [0.05, 0.1) is 19.0 Å². The number of carbonyl (C=O) groups excluding carboxylic acids is 1. The number of likely N-dealkylation sites (N-methyl/N-ethyl adjacent to an activating group) is 1. The first-order chi connectivity index (χ1) is 19.3. The van der Waals surface area contributed by atoms with Crippen molar-refractivity contribution in [3.8, 4) is 17.0 Å². The number of methoxy groups -OCH3 is 1. The van der Waals surface area contributed by atoms with Crippen LogP contribution in [0.1, 0.15) is 54.0 Å². The molecule has 41 heavy (non-hydrogen) atoms. The molecule has 0 fully saturated rings. The van der Waals surface area contributed by atoms with E-state index in [9.17, 15) is 18.0 Å². The first-order valence-electron chi connectivity index (χ1n) is 13.3. The summed E-state index contributed by atoms with van der Waals surface area (Å²) in [5.41, 5.74) is 7.04. The Balaban J connectivity index is 1.70. The highest BCUT2D eigenvalue weighted by molar-refractivity contribution is 6.00. The lowest BCUT2D eigenvalue weighted by atomic mass is 10.0. The lowest BCUT2D eigenvalue weighted by molar-refractivity contribution is -0.143. The van der Waals surface area contributed by atoms with Crippen LogP contribution in [0.3, 0.4) is 0 Å². The number of rotatable bonds is 9. The van der Waals surface area contributed by atoms with E-state index < -0.39 is 17.8 Å². The molecule has 4 rings (SSSR count). The van der Waals surface area contributed by atoms with Gasteiger partial charge in [0.2, 0.25) is 0 Å². The van der Waals surface area contributed by atoms with E-state index >= 15 is 0 Å². The van der Waals surface area contributed by atoms with Gasteiger partial charge in [0.1, 0.15) is 11.3 Å². The van der Waals surface area contributed by atoms with Crippen molar-refractivity contribution in [1.82, 2.24) is 24.4 Å². The zero-order valence-electron chi connectivity index (χ0n) is 24.0. The van der Waals surface area contributed by atoms with Gasteiger partial charge in [0.25, 0.3) is 5.91 Å². The highest BCUT2D eigenvalue weighted by Gasteiger charge is 2.39. The number of aromatic nitrogens is 3. The van der Waals surface area contributed by atoms with Crippen LogP contribution in [0.5, 0.6) is 5.75 Å². The van der Waals surface area contributed by atoms with Crippen LogP contribution in [-0.4, -0.2) is 63.6 Å². The van der Waals surface area contributed by atoms with Crippen LogP contribution in [0.2, 0.25) is 0 Å². The van der Waals surface area contributed by atoms with E-state index in [0.717, 1.165) is 10.1 Å². The van der Waals surface area contributed by atoms with Gasteiger partial charge >= 0.3 is 6.18 Å². The van der Waals surface area contributed by atoms with Gasteiger partial charge < -0.3 is 15.4 Å². The number of amides is 1. The number of fused-ring (bicyclic) bond motifs is 1. The van der Waals surface area contributed by atoms with E-state index in [1.807, 2.05) is 52.1 Å². The Hall–Kier alpha value is -4.12. The van der Waals surface area contributed by atoms with Crippen LogP contribution in [0.25, 0.3) is 16.9 Å². The van der Waals surface area contributed by atoms with Gasteiger partial charge in [-0.05, 0) is 76.7 Å². The second kappa shape index (κ2) is 11.8. The second-order valence-corrected chi connectivity index (χ2v) is 10.4. The van der Waals surface area contributed by atoms with Gasteiger partial charge in [-0.2, -0.15) is 18.3 Å². The van der Waals surface area contributed by atoms with E-state index in [-0.39, 0.29) is 34.6 Å². The van der Waals surface area contributed by atoms with E-state index in [1.165, 1.54) is 20.2 Å². The number of carbonyl (C=O) groups is 1. The third kappa shape index (κ3) is 6.14. The summed E-state index contributed by atoms with van der Waals surface area (Å²) in [5.74, 6) is 0.122. The fraction of sp³-hybridized carbons (Fsp3) is 0.367. The maximum Gasteiger partial charge on any atom is 0.433 e. The third-order valence-electron chi connectivity index (χ3n) is 7.38. The summed E-state index contributed by atoms with van der Waals surface area (Å²) in [6.07, 6.45) is -3.55. The van der Waals surface area contributed by atoms with Gasteiger partial charge in [-0.25, -0.2) is 9.50 Å². The Morgan fingerprint density at radius 2 is 1.78 bits per heavy atom. The maximum absolute atomic E-state index is 14.3. The normalized spacial score (nSPS) is 12.8. The fourth-order valence-electron chi connectivity index (χ4n) is 4.87. The van der Waals surface area contributed by atoms with E-state index in [1.54, 1.807) is 29.2 Å². The molecule has 11 heteroatoms. The Labute approximate surface area is 237 Å². The zero-order valence-corrected chi connectivity index (χ0v) is 24.0. The largest absolute Gasteiger partial charge is 0.497 e. The number of hydrogen-bond acceptors (Lipinski definition) is 6. The van der Waals surface area contributed by atoms with Gasteiger partial charge in [0.15, 0.2) is 11.3 Å². The van der Waals surface area contributed by atoms with E-state index in [4.69, 9.17) is 10.5 Å². The predicted molar refractivity (Wildman–Crippen MR) is 153 cm³/mol. The van der Waals surface area contributed by atoms with Crippen molar-refractivity contribution in [2.45, 2.75) is 46.0 Å². The van der Waals surface area contributed by atoms with Crippen LogP contribution < -0.4 is 10.5 Å². The summed E-state index contributed by atoms with van der Waals surface area (Å²) in [5, 5.41) is 3.99. The standard InChI is InChI=1S/C30H35F3N6O2/c1-18(2)38(15-14-37(5)20(4)22-8-7-9-23(34)16-22)29(40)25-17-35-39-27(30(31,32)33)19(3)26(36-28(25)39)21-10-12-24(41-6)13-11-21/h7-13,16-18,20H,14-15,34H2,1-6H3/t20-/m0/s1. The molecular formula is C30H35F3N6O2. The molecule has 0 saturated heterocycles. The van der Waals surface area contributed by atoms with Gasteiger partial charge in [-0.1, -0.05) is 12.1 Å². The average molecular weight is 569 g/mol. The summed E-state index contributed by atoms with van der Waals surface area (Å²) < 4.78 is 48.9. The molecule has 218 valence electrons. The molecule has 0 aliphatic heterocycles. The lowest BCUT2D eigenvalue weighted by Gasteiger charge is -2.31. The zero-order chi connectivity index (χ0) is 30.1. The van der Waals surface area contributed by atoms with Crippen LogP contribution in [-0.2, 0) is 6.18 Å². The first-order valence-corrected chi connectivity index (χ1v) is 13.3. The molecule has 4 aromatic rings. The quantitative estimate of drug-likeness (QED) is 0.255. The van der Waals surface area contributed by atoms with Crippen LogP contribution in [0, 0.1) is 6.92 Å². The molecule has 1 atom stereocenters. The molecule has 2 heterocycles. The monoisotopic (exact) mass is 568 g/mol. The molecule has 0 bridgehead atoms. The molecule has 0 saturated carbocycles. The van der Waals surface area contributed by atoms with Crippen molar-refractivity contribution < 1.29 is 22.7 Å². The van der Waals surface area contributed by atoms with Gasteiger partial charge in [-0.3, -0.25) is 9.69 Å². The molecule has 0 unspecified atom stereocenters. The molecule has 8 nitrogen and oxygen atoms in total. The number of ether oxygens (including phenoxy) is 1. The summed E-state index contributed by atoms with van der Waals surface area (Å²) in [6.45, 7) is 8.01. The highest BCUT2D eigenvalue weighted by Crippen LogP contribution is 2.37. The number of nitrogen functional groups attached to an aromatic ring is 1. The molecular weight excluding hydrogens is 533 g/mol. The number of nitrogens with two attached hydrogens (primary N) is 1. The Morgan fingerprint density at radius 1 is 1.10 bits per heavy atom. The minimum Gasteiger partial charge on any atom is -0.497 e. The molecule has 0 radical (unpaired) electrons. The SMILES string of the molecule is COc1ccc(-c2nc3c(C(=O)N(CCN(C)[C@@H](C)c4cccc(N)c4)C(C)C)cnn3c(C(F)(F)F)c2C)cc1. The highest BCUT2D eigenvalue weighted by atomic mass is 19.4. The third-order valence-corrected chi connectivity index (χ3v) is 7.38. The summed E-state index contributed by atoms with van der Waals surface area (Å²) >= 11 is 0. The van der Waals surface area contributed by atoms with Crippen molar-refractivity contribution in [3.63, 3.8) is 0 Å². The molecule has 0 aliphatic carbocycles. The topological polar surface area (TPSA) is 89.0 Å². The van der Waals surface area contributed by atoms with Gasteiger partial charge in [-0.15, -0.1) is 0 Å². The fourth-order valence-corrected chi connectivity index (χ4v) is 4.87. The molecule has 0 spiro atoms. The average Bonchev–Trinajstić information content (AvgIpc) is 3.34. The number of anilines is 1. The second-order valence-electron chi connectivity index (χ2n) is 10.4. The molecule has 2 aromatic heterocycles. The summed E-state index contributed by atoms with van der Waals surface area (Å²) in [4.78, 5) is 22.1. The predicted octanol–water partition coefficient (Wildman–Crippen LogP) is 5.86. The number of benzene rings is 2. The van der Waals surface area contributed by atoms with Gasteiger partial charge in [0, 0.05) is 42.0 Å². The maximum atomic E-state index is 14.3. The Morgan fingerprint density at radius 3 is 2.37 bits per heavy atom. The summed E-state index contributed by atoms with van der Waals surface area (Å²) in [7, 11) is 3.46. The van der Waals surface area contributed by atoms with E-state index in [0.29, 0.717) is 30.1 Å². The number of hydrogen-bond donors (Lipinski definition) is 1. The van der Waals surface area contributed by atoms with Crippen molar-refractivity contribution >= 4 is 17.2 Å². The number of alkyl halides is 3. The lowest BCUT2D eigenvalue weighted by Crippen LogP contribution is -2.42. The molecule has 1 amide bonds. The summed E-state index contributed by atoms with van der Waals surface area (Å²) in [6, 6.07) is 14.0. The minimum atomic E-state index is -4.73. The smallest absolute Gasteiger partial charge is 0.433 e. The minimum absolute atomic E-state index is 0.00509. The van der Waals surface area contributed by atoms with Crippen molar-refractivity contribution in [2.75, 3.05) is 33.0 Å².